The molecule has 6 heterocycles. The second kappa shape index (κ2) is 7.65. The maximum atomic E-state index is 13.7. The second-order valence-electron chi connectivity index (χ2n) is 8.48. The Morgan fingerprint density at radius 1 is 0.943 bits per heavy atom. The molecule has 6 aromatic rings. The molecule has 0 spiro atoms. The van der Waals surface area contributed by atoms with E-state index in [4.69, 9.17) is 20.7 Å². The van der Waals surface area contributed by atoms with Crippen LogP contribution in [0.1, 0.15) is 0 Å². The van der Waals surface area contributed by atoms with Crippen LogP contribution in [0.2, 0.25) is 0 Å². The maximum absolute atomic E-state index is 13.7. The molecule has 9 nitrogen and oxygen atoms in total. The molecule has 11 heteroatoms. The van der Waals surface area contributed by atoms with Crippen molar-refractivity contribution in [2.75, 3.05) is 18.0 Å². The summed E-state index contributed by atoms with van der Waals surface area (Å²) in [5.74, 6) is 1.36. The Morgan fingerprint density at radius 3 is 2.69 bits per heavy atom. The minimum Gasteiger partial charge on any atom is -0.352 e. The van der Waals surface area contributed by atoms with Gasteiger partial charge in [0.2, 0.25) is 0 Å². The number of halogens is 1. The number of benzene rings is 1. The minimum atomic E-state index is -0.230. The number of nitrogens with one attached hydrogen (secondary N) is 2. The molecule has 1 saturated heterocycles. The number of fused-ring (bicyclic) bond motifs is 2. The third-order valence-corrected chi connectivity index (χ3v) is 7.01. The van der Waals surface area contributed by atoms with E-state index in [0.29, 0.717) is 28.4 Å². The summed E-state index contributed by atoms with van der Waals surface area (Å²) in [6, 6.07) is 13.0. The van der Waals surface area contributed by atoms with Crippen molar-refractivity contribution < 1.29 is 4.39 Å². The summed E-state index contributed by atoms with van der Waals surface area (Å²) >= 11 is 1.10. The predicted molar refractivity (Wildman–Crippen MR) is 133 cm³/mol. The Balaban J connectivity index is 1.31. The average Bonchev–Trinajstić information content (AvgIpc) is 3.59. The zero-order chi connectivity index (χ0) is 23.5. The molecule has 4 N–H and O–H groups in total. The Bertz CT molecular complexity index is 1710. The highest BCUT2D eigenvalue weighted by Crippen LogP contribution is 2.34. The van der Waals surface area contributed by atoms with Crippen molar-refractivity contribution in [3.8, 4) is 33.3 Å². The van der Waals surface area contributed by atoms with Gasteiger partial charge in [-0.15, -0.1) is 11.3 Å². The Labute approximate surface area is 201 Å². The van der Waals surface area contributed by atoms with Crippen molar-refractivity contribution in [2.45, 2.75) is 6.04 Å². The molecular formula is C24H18FN9S. The molecule has 0 saturated carbocycles. The smallest absolute Gasteiger partial charge is 0.176 e. The zero-order valence-corrected chi connectivity index (χ0v) is 19.1. The van der Waals surface area contributed by atoms with E-state index in [1.54, 1.807) is 18.5 Å². The largest absolute Gasteiger partial charge is 0.352 e. The lowest BCUT2D eigenvalue weighted by atomic mass is 10.1. The SMILES string of the molecule is NC1CN(c2cncc(-c3ccc4[nH]nc(-c5nc6c(-c7ccc(F)s7)cccc6[nH]5)c4n3)n2)C1. The van der Waals surface area contributed by atoms with Crippen LogP contribution in [-0.2, 0) is 0 Å². The van der Waals surface area contributed by atoms with Gasteiger partial charge < -0.3 is 15.6 Å². The highest BCUT2D eigenvalue weighted by Gasteiger charge is 2.25. The quantitative estimate of drug-likeness (QED) is 0.346. The first-order valence-electron chi connectivity index (χ1n) is 11.1. The van der Waals surface area contributed by atoms with Gasteiger partial charge in [-0.1, -0.05) is 12.1 Å². The summed E-state index contributed by atoms with van der Waals surface area (Å²) in [5.41, 5.74) is 11.8. The van der Waals surface area contributed by atoms with Gasteiger partial charge in [0.25, 0.3) is 0 Å². The summed E-state index contributed by atoms with van der Waals surface area (Å²) in [6.07, 6.45) is 3.44. The molecule has 5 aromatic heterocycles. The molecule has 0 amide bonds. The lowest BCUT2D eigenvalue weighted by Gasteiger charge is -2.37. The highest BCUT2D eigenvalue weighted by molar-refractivity contribution is 7.14. The lowest BCUT2D eigenvalue weighted by molar-refractivity contribution is 0.514. The summed E-state index contributed by atoms with van der Waals surface area (Å²) in [5, 5.41) is 7.29. The number of pyridine rings is 1. The Hall–Kier alpha value is -4.22. The summed E-state index contributed by atoms with van der Waals surface area (Å²) in [6.45, 7) is 1.53. The van der Waals surface area contributed by atoms with Crippen LogP contribution in [0.25, 0.3) is 55.4 Å². The van der Waals surface area contributed by atoms with E-state index in [0.717, 1.165) is 57.2 Å². The Kier molecular flexibility index (Phi) is 4.41. The van der Waals surface area contributed by atoms with Crippen molar-refractivity contribution >= 4 is 39.2 Å². The van der Waals surface area contributed by atoms with E-state index < -0.39 is 0 Å². The van der Waals surface area contributed by atoms with Crippen molar-refractivity contribution in [3.63, 3.8) is 0 Å². The molecule has 172 valence electrons. The first-order valence-corrected chi connectivity index (χ1v) is 11.9. The number of H-pyrrole nitrogens is 2. The van der Waals surface area contributed by atoms with Gasteiger partial charge in [-0.25, -0.2) is 15.0 Å². The molecule has 1 aromatic carbocycles. The third kappa shape index (κ3) is 3.35. The number of anilines is 1. The van der Waals surface area contributed by atoms with Crippen LogP contribution in [0.5, 0.6) is 0 Å². The first-order chi connectivity index (χ1) is 17.1. The maximum Gasteiger partial charge on any atom is 0.176 e. The van der Waals surface area contributed by atoms with E-state index in [9.17, 15) is 4.39 Å². The van der Waals surface area contributed by atoms with Crippen molar-refractivity contribution in [1.29, 1.82) is 0 Å². The van der Waals surface area contributed by atoms with Gasteiger partial charge in [0.1, 0.15) is 17.0 Å². The molecule has 7 rings (SSSR count). The predicted octanol–water partition coefficient (Wildman–Crippen LogP) is 3.97. The van der Waals surface area contributed by atoms with E-state index >= 15 is 0 Å². The molecular weight excluding hydrogens is 465 g/mol. The van der Waals surface area contributed by atoms with Gasteiger partial charge in [-0.3, -0.25) is 10.1 Å². The summed E-state index contributed by atoms with van der Waals surface area (Å²) in [7, 11) is 0. The van der Waals surface area contributed by atoms with E-state index in [-0.39, 0.29) is 11.2 Å². The van der Waals surface area contributed by atoms with Crippen LogP contribution in [0, 0.1) is 5.13 Å². The van der Waals surface area contributed by atoms with Gasteiger partial charge >= 0.3 is 0 Å². The number of hydrogen-bond acceptors (Lipinski definition) is 8. The number of aromatic amines is 2. The fourth-order valence-corrected chi connectivity index (χ4v) is 5.10. The molecule has 1 aliphatic rings. The van der Waals surface area contributed by atoms with Gasteiger partial charge in [0.05, 0.1) is 34.6 Å². The monoisotopic (exact) mass is 483 g/mol. The fraction of sp³-hybridized carbons (Fsp3) is 0.125. The topological polar surface area (TPSA) is 125 Å². The van der Waals surface area contributed by atoms with E-state index in [1.807, 2.05) is 30.3 Å². The third-order valence-electron chi connectivity index (χ3n) is 6.10. The molecule has 0 radical (unpaired) electrons. The van der Waals surface area contributed by atoms with Crippen molar-refractivity contribution in [2.24, 2.45) is 5.73 Å². The van der Waals surface area contributed by atoms with Crippen LogP contribution >= 0.6 is 11.3 Å². The van der Waals surface area contributed by atoms with E-state index in [2.05, 4.69) is 25.1 Å². The second-order valence-corrected chi connectivity index (χ2v) is 9.52. The molecule has 0 bridgehead atoms. The minimum absolute atomic E-state index is 0.173. The molecule has 0 unspecified atom stereocenters. The van der Waals surface area contributed by atoms with Crippen LogP contribution < -0.4 is 10.6 Å². The number of hydrogen-bond donors (Lipinski definition) is 3. The molecule has 0 aliphatic carbocycles. The zero-order valence-electron chi connectivity index (χ0n) is 18.2. The normalized spacial score (nSPS) is 14.2. The number of imidazole rings is 1. The van der Waals surface area contributed by atoms with Crippen molar-refractivity contribution in [1.82, 2.24) is 35.1 Å². The van der Waals surface area contributed by atoms with Crippen LogP contribution in [0.15, 0.2) is 54.9 Å². The van der Waals surface area contributed by atoms with Crippen LogP contribution in [0.3, 0.4) is 0 Å². The Morgan fingerprint density at radius 2 is 1.86 bits per heavy atom. The molecule has 35 heavy (non-hydrogen) atoms. The van der Waals surface area contributed by atoms with Gasteiger partial charge in [-0.2, -0.15) is 9.49 Å². The number of para-hydroxylation sites is 1. The lowest BCUT2D eigenvalue weighted by Crippen LogP contribution is -2.56. The number of thiophene rings is 1. The molecule has 1 aliphatic heterocycles. The number of aromatic nitrogens is 7. The van der Waals surface area contributed by atoms with Crippen molar-refractivity contribution in [3.05, 3.63) is 60.0 Å². The number of rotatable bonds is 4. The van der Waals surface area contributed by atoms with Gasteiger partial charge in [0, 0.05) is 29.6 Å². The van der Waals surface area contributed by atoms with Crippen LogP contribution in [0.4, 0.5) is 10.2 Å². The average molecular weight is 484 g/mol. The highest BCUT2D eigenvalue weighted by atomic mass is 32.1. The standard InChI is InChI=1S/C24H18FN9S/c25-19-7-6-18(35-19)13-2-1-3-15-21(13)31-24(30-15)23-22-16(32-33-23)5-4-14(29-22)17-8-27-9-20(28-17)34-10-12(26)11-34/h1-9,12H,10-11,26H2,(H,30,31)(H,32,33). The summed E-state index contributed by atoms with van der Waals surface area (Å²) < 4.78 is 13.7. The molecule has 0 atom stereocenters. The fourth-order valence-electron chi connectivity index (χ4n) is 4.34. The molecule has 1 fully saturated rings. The van der Waals surface area contributed by atoms with Crippen LogP contribution in [-0.4, -0.2) is 54.2 Å². The number of nitrogens with two attached hydrogens (primary N) is 1. The van der Waals surface area contributed by atoms with Gasteiger partial charge in [0.15, 0.2) is 16.6 Å². The first kappa shape index (κ1) is 20.2. The van der Waals surface area contributed by atoms with E-state index in [1.165, 1.54) is 6.07 Å². The number of nitrogens with zero attached hydrogens (tertiary/aromatic N) is 6. The summed E-state index contributed by atoms with van der Waals surface area (Å²) in [4.78, 5) is 25.0. The van der Waals surface area contributed by atoms with Gasteiger partial charge in [-0.05, 0) is 30.3 Å².